The molecule has 2 aromatic carbocycles. The first-order valence-electron chi connectivity index (χ1n) is 10.3. The predicted octanol–water partition coefficient (Wildman–Crippen LogP) is 5.37. The molecular formula is C24H30N2O. The van der Waals surface area contributed by atoms with Crippen LogP contribution in [-0.2, 0) is 0 Å². The van der Waals surface area contributed by atoms with Gasteiger partial charge in [0.15, 0.2) is 0 Å². The lowest BCUT2D eigenvalue weighted by atomic mass is 9.97. The minimum Gasteiger partial charge on any atom is -0.322 e. The van der Waals surface area contributed by atoms with Gasteiger partial charge in [-0.25, -0.2) is 0 Å². The van der Waals surface area contributed by atoms with Crippen molar-refractivity contribution in [3.8, 4) is 0 Å². The zero-order valence-electron chi connectivity index (χ0n) is 16.4. The SMILES string of the molecule is Cc1ccc(C(=O)Nc2ccc([C@H]3CCC(N4CCCC4C)C3)cc2)cc1. The highest BCUT2D eigenvalue weighted by Crippen LogP contribution is 2.39. The van der Waals surface area contributed by atoms with E-state index < -0.39 is 0 Å². The van der Waals surface area contributed by atoms with Gasteiger partial charge in [-0.1, -0.05) is 29.8 Å². The van der Waals surface area contributed by atoms with Crippen molar-refractivity contribution in [2.24, 2.45) is 0 Å². The Bertz CT molecular complexity index is 781. The average Bonchev–Trinajstić information content (AvgIpc) is 3.31. The molecule has 27 heavy (non-hydrogen) atoms. The van der Waals surface area contributed by atoms with E-state index in [1.54, 1.807) is 0 Å². The molecular weight excluding hydrogens is 332 g/mol. The third-order valence-corrected chi connectivity index (χ3v) is 6.43. The minimum absolute atomic E-state index is 0.0494. The van der Waals surface area contributed by atoms with Crippen LogP contribution in [0.1, 0.15) is 66.4 Å². The molecule has 2 fully saturated rings. The molecule has 0 aromatic heterocycles. The molecule has 1 N–H and O–H groups in total. The third kappa shape index (κ3) is 4.08. The van der Waals surface area contributed by atoms with Crippen molar-refractivity contribution in [3.63, 3.8) is 0 Å². The van der Waals surface area contributed by atoms with Crippen LogP contribution in [0.4, 0.5) is 5.69 Å². The highest BCUT2D eigenvalue weighted by molar-refractivity contribution is 6.04. The Labute approximate surface area is 162 Å². The third-order valence-electron chi connectivity index (χ3n) is 6.43. The van der Waals surface area contributed by atoms with Gasteiger partial charge in [-0.3, -0.25) is 9.69 Å². The zero-order chi connectivity index (χ0) is 18.8. The largest absolute Gasteiger partial charge is 0.322 e. The van der Waals surface area contributed by atoms with Gasteiger partial charge in [0.1, 0.15) is 0 Å². The summed E-state index contributed by atoms with van der Waals surface area (Å²) >= 11 is 0. The van der Waals surface area contributed by atoms with Gasteiger partial charge in [0.05, 0.1) is 0 Å². The summed E-state index contributed by atoms with van der Waals surface area (Å²) in [7, 11) is 0. The molecule has 3 atom stereocenters. The molecule has 0 bridgehead atoms. The fraction of sp³-hybridized carbons (Fsp3) is 0.458. The molecule has 2 aromatic rings. The number of benzene rings is 2. The monoisotopic (exact) mass is 362 g/mol. The van der Waals surface area contributed by atoms with Crippen LogP contribution in [0.3, 0.4) is 0 Å². The van der Waals surface area contributed by atoms with E-state index in [-0.39, 0.29) is 5.91 Å². The van der Waals surface area contributed by atoms with Crippen molar-refractivity contribution >= 4 is 11.6 Å². The second-order valence-corrected chi connectivity index (χ2v) is 8.34. The van der Waals surface area contributed by atoms with Crippen molar-refractivity contribution in [2.75, 3.05) is 11.9 Å². The fourth-order valence-corrected chi connectivity index (χ4v) is 4.81. The van der Waals surface area contributed by atoms with Gasteiger partial charge in [-0.05, 0) is 88.2 Å². The number of anilines is 1. The summed E-state index contributed by atoms with van der Waals surface area (Å²) in [6.07, 6.45) is 6.59. The number of carbonyl (C=O) groups excluding carboxylic acids is 1. The lowest BCUT2D eigenvalue weighted by molar-refractivity contribution is 0.102. The van der Waals surface area contributed by atoms with E-state index in [4.69, 9.17) is 0 Å². The summed E-state index contributed by atoms with van der Waals surface area (Å²) < 4.78 is 0. The molecule has 4 rings (SSSR count). The Balaban J connectivity index is 1.36. The Morgan fingerprint density at radius 1 is 1.00 bits per heavy atom. The Hall–Kier alpha value is -2.13. The van der Waals surface area contributed by atoms with Crippen molar-refractivity contribution in [2.45, 2.75) is 64.0 Å². The predicted molar refractivity (Wildman–Crippen MR) is 111 cm³/mol. The average molecular weight is 363 g/mol. The lowest BCUT2D eigenvalue weighted by Gasteiger charge is -2.28. The number of amides is 1. The topological polar surface area (TPSA) is 32.3 Å². The van der Waals surface area contributed by atoms with Crippen molar-refractivity contribution in [3.05, 3.63) is 65.2 Å². The molecule has 0 spiro atoms. The molecule has 1 saturated carbocycles. The Morgan fingerprint density at radius 3 is 2.41 bits per heavy atom. The summed E-state index contributed by atoms with van der Waals surface area (Å²) in [6, 6.07) is 17.7. The molecule has 1 heterocycles. The molecule has 1 aliphatic carbocycles. The second kappa shape index (κ2) is 7.85. The van der Waals surface area contributed by atoms with Crippen LogP contribution in [0.25, 0.3) is 0 Å². The maximum absolute atomic E-state index is 12.4. The van der Waals surface area contributed by atoms with Gasteiger partial charge in [-0.2, -0.15) is 0 Å². The number of nitrogens with zero attached hydrogens (tertiary/aromatic N) is 1. The van der Waals surface area contributed by atoms with Crippen LogP contribution in [-0.4, -0.2) is 29.4 Å². The van der Waals surface area contributed by atoms with E-state index in [9.17, 15) is 4.79 Å². The summed E-state index contributed by atoms with van der Waals surface area (Å²) in [5, 5.41) is 3.01. The second-order valence-electron chi connectivity index (χ2n) is 8.34. The summed E-state index contributed by atoms with van der Waals surface area (Å²) in [6.45, 7) is 5.69. The van der Waals surface area contributed by atoms with Crippen LogP contribution in [0.2, 0.25) is 0 Å². The standard InChI is InChI=1S/C24H30N2O/c1-17-5-7-20(8-6-17)24(27)25-22-12-9-19(10-13-22)21-11-14-23(16-21)26-15-3-4-18(26)2/h5-10,12-13,18,21,23H,3-4,11,14-16H2,1-2H3,(H,25,27)/t18?,21-,23?/m0/s1. The Morgan fingerprint density at radius 2 is 1.74 bits per heavy atom. The first-order valence-corrected chi connectivity index (χ1v) is 10.3. The molecule has 2 unspecified atom stereocenters. The van der Waals surface area contributed by atoms with Crippen LogP contribution in [0.15, 0.2) is 48.5 Å². The van der Waals surface area contributed by atoms with E-state index in [0.717, 1.165) is 23.3 Å². The normalized spacial score (nSPS) is 25.6. The molecule has 2 aliphatic rings. The van der Waals surface area contributed by atoms with Gasteiger partial charge >= 0.3 is 0 Å². The molecule has 3 heteroatoms. The van der Waals surface area contributed by atoms with E-state index in [2.05, 4.69) is 29.3 Å². The van der Waals surface area contributed by atoms with Gasteiger partial charge in [0, 0.05) is 23.3 Å². The molecule has 142 valence electrons. The first kappa shape index (κ1) is 18.2. The Kier molecular flexibility index (Phi) is 5.31. The molecule has 1 amide bonds. The van der Waals surface area contributed by atoms with Gasteiger partial charge in [0.25, 0.3) is 5.91 Å². The number of nitrogens with one attached hydrogen (secondary N) is 1. The van der Waals surface area contributed by atoms with Crippen LogP contribution in [0.5, 0.6) is 0 Å². The van der Waals surface area contributed by atoms with Crippen LogP contribution in [0, 0.1) is 6.92 Å². The summed E-state index contributed by atoms with van der Waals surface area (Å²) in [4.78, 5) is 15.1. The molecule has 3 nitrogen and oxygen atoms in total. The maximum Gasteiger partial charge on any atom is 0.255 e. The van der Waals surface area contributed by atoms with E-state index in [1.165, 1.54) is 44.2 Å². The number of hydrogen-bond donors (Lipinski definition) is 1. The number of likely N-dealkylation sites (tertiary alicyclic amines) is 1. The van der Waals surface area contributed by atoms with Crippen molar-refractivity contribution < 1.29 is 4.79 Å². The quantitative estimate of drug-likeness (QED) is 0.793. The number of hydrogen-bond acceptors (Lipinski definition) is 2. The number of aryl methyl sites for hydroxylation is 1. The summed E-state index contributed by atoms with van der Waals surface area (Å²) in [5.41, 5.74) is 4.14. The van der Waals surface area contributed by atoms with E-state index >= 15 is 0 Å². The molecule has 1 saturated heterocycles. The van der Waals surface area contributed by atoms with Gasteiger partial charge in [0.2, 0.25) is 0 Å². The van der Waals surface area contributed by atoms with Crippen molar-refractivity contribution in [1.29, 1.82) is 0 Å². The van der Waals surface area contributed by atoms with Crippen LogP contribution >= 0.6 is 0 Å². The highest BCUT2D eigenvalue weighted by Gasteiger charge is 2.34. The van der Waals surface area contributed by atoms with E-state index in [1.807, 2.05) is 43.3 Å². The fourth-order valence-electron chi connectivity index (χ4n) is 4.81. The molecule has 1 aliphatic heterocycles. The lowest BCUT2D eigenvalue weighted by Crippen LogP contribution is -2.35. The van der Waals surface area contributed by atoms with Gasteiger partial charge < -0.3 is 5.32 Å². The summed E-state index contributed by atoms with van der Waals surface area (Å²) in [5.74, 6) is 0.608. The highest BCUT2D eigenvalue weighted by atomic mass is 16.1. The maximum atomic E-state index is 12.4. The zero-order valence-corrected chi connectivity index (χ0v) is 16.4. The van der Waals surface area contributed by atoms with E-state index in [0.29, 0.717) is 11.5 Å². The minimum atomic E-state index is -0.0494. The van der Waals surface area contributed by atoms with Gasteiger partial charge in [-0.15, -0.1) is 0 Å². The van der Waals surface area contributed by atoms with Crippen LogP contribution < -0.4 is 5.32 Å². The van der Waals surface area contributed by atoms with Crippen molar-refractivity contribution in [1.82, 2.24) is 4.90 Å². The number of carbonyl (C=O) groups is 1. The molecule has 0 radical (unpaired) electrons. The smallest absolute Gasteiger partial charge is 0.255 e. The first-order chi connectivity index (χ1) is 13.1. The number of rotatable bonds is 4.